The lowest BCUT2D eigenvalue weighted by molar-refractivity contribution is -0.153. The molecule has 0 saturated heterocycles. The van der Waals surface area contributed by atoms with Gasteiger partial charge in [-0.3, -0.25) is 14.4 Å². The van der Waals surface area contributed by atoms with Crippen molar-refractivity contribution >= 4 is 41.0 Å². The molecule has 0 bridgehead atoms. The number of carbonyl (C=O) groups is 4. The van der Waals surface area contributed by atoms with Crippen LogP contribution in [0.2, 0.25) is 5.02 Å². The number of esters is 1. The molecule has 0 saturated carbocycles. The number of Topliss-reactive ketones (excluding diaryl/α,β-unsaturated/α-hetero) is 1. The lowest BCUT2D eigenvalue weighted by atomic mass is 10.0. The lowest BCUT2D eigenvalue weighted by Gasteiger charge is -2.20. The van der Waals surface area contributed by atoms with Crippen LogP contribution in [0.5, 0.6) is 0 Å². The molecule has 0 aliphatic heterocycles. The van der Waals surface area contributed by atoms with Crippen molar-refractivity contribution in [2.24, 2.45) is 5.73 Å². The molecular weight excluding hydrogens is 410 g/mol. The second-order valence-corrected chi connectivity index (χ2v) is 6.95. The predicted octanol–water partition coefficient (Wildman–Crippen LogP) is 3.21. The zero-order valence-electron chi connectivity index (χ0n) is 16.5. The van der Waals surface area contributed by atoms with Crippen molar-refractivity contribution in [1.82, 2.24) is 5.32 Å². The van der Waals surface area contributed by atoms with Crippen LogP contribution in [0.1, 0.15) is 42.2 Å². The predicted molar refractivity (Wildman–Crippen MR) is 112 cm³/mol. The van der Waals surface area contributed by atoms with E-state index in [2.05, 4.69) is 10.6 Å². The highest BCUT2D eigenvalue weighted by Gasteiger charge is 2.24. The molecule has 8 nitrogen and oxygen atoms in total. The van der Waals surface area contributed by atoms with Gasteiger partial charge in [0.05, 0.1) is 12.5 Å². The Hall–Kier alpha value is -3.39. The Morgan fingerprint density at radius 3 is 2.43 bits per heavy atom. The van der Waals surface area contributed by atoms with E-state index in [1.54, 1.807) is 42.5 Å². The molecule has 0 fully saturated rings. The zero-order valence-corrected chi connectivity index (χ0v) is 17.2. The number of amides is 3. The highest BCUT2D eigenvalue weighted by Crippen LogP contribution is 2.25. The maximum Gasteiger partial charge on any atom is 0.312 e. The molecule has 9 heteroatoms. The van der Waals surface area contributed by atoms with E-state index in [-0.39, 0.29) is 12.2 Å². The van der Waals surface area contributed by atoms with Crippen LogP contribution in [-0.2, 0) is 14.3 Å². The van der Waals surface area contributed by atoms with Gasteiger partial charge in [0.2, 0.25) is 0 Å². The van der Waals surface area contributed by atoms with Gasteiger partial charge in [-0.15, -0.1) is 0 Å². The Labute approximate surface area is 178 Å². The molecule has 158 valence electrons. The second kappa shape index (κ2) is 10.4. The smallest absolute Gasteiger partial charge is 0.312 e. The normalized spacial score (nSPS) is 12.4. The Morgan fingerprint density at radius 1 is 1.10 bits per heavy atom. The molecule has 0 heterocycles. The van der Waals surface area contributed by atoms with Gasteiger partial charge in [0.25, 0.3) is 5.91 Å². The fourth-order valence-corrected chi connectivity index (χ4v) is 2.96. The van der Waals surface area contributed by atoms with Crippen LogP contribution in [0.4, 0.5) is 10.5 Å². The van der Waals surface area contributed by atoms with E-state index in [0.29, 0.717) is 21.8 Å². The number of benzene rings is 2. The Morgan fingerprint density at radius 2 is 1.80 bits per heavy atom. The summed E-state index contributed by atoms with van der Waals surface area (Å²) in [7, 11) is 0. The minimum atomic E-state index is -1.11. The van der Waals surface area contributed by atoms with Crippen LogP contribution in [0.15, 0.2) is 48.5 Å². The molecular formula is C21H22ClN3O5. The van der Waals surface area contributed by atoms with Crippen molar-refractivity contribution in [3.8, 4) is 0 Å². The molecule has 2 rings (SSSR count). The van der Waals surface area contributed by atoms with Gasteiger partial charge in [-0.05, 0) is 37.6 Å². The second-order valence-electron chi connectivity index (χ2n) is 6.55. The molecule has 3 amide bonds. The van der Waals surface area contributed by atoms with Gasteiger partial charge in [0.15, 0.2) is 11.9 Å². The van der Waals surface area contributed by atoms with E-state index in [0.717, 1.165) is 0 Å². The third kappa shape index (κ3) is 6.59. The number of primary amides is 1. The van der Waals surface area contributed by atoms with Crippen molar-refractivity contribution in [3.05, 3.63) is 64.7 Å². The zero-order chi connectivity index (χ0) is 22.3. The van der Waals surface area contributed by atoms with Crippen LogP contribution >= 0.6 is 11.6 Å². The van der Waals surface area contributed by atoms with Gasteiger partial charge < -0.3 is 21.1 Å². The fraction of sp³-hybridized carbons (Fsp3) is 0.238. The SMILES string of the molecule is CC(=O)c1cccc(NC(=O)[C@@H](C)OC(=O)C[C@H](NC(N)=O)c2ccccc2Cl)c1. The number of hydrogen-bond donors (Lipinski definition) is 3. The molecule has 2 aromatic carbocycles. The lowest BCUT2D eigenvalue weighted by Crippen LogP contribution is -2.36. The van der Waals surface area contributed by atoms with E-state index in [1.807, 2.05) is 0 Å². The number of anilines is 1. The largest absolute Gasteiger partial charge is 0.452 e. The Balaban J connectivity index is 2.01. The first-order valence-electron chi connectivity index (χ1n) is 9.09. The van der Waals surface area contributed by atoms with Crippen molar-refractivity contribution in [1.29, 1.82) is 0 Å². The number of ketones is 1. The summed E-state index contributed by atoms with van der Waals surface area (Å²) in [4.78, 5) is 47.4. The van der Waals surface area contributed by atoms with Gasteiger partial charge >= 0.3 is 12.0 Å². The summed E-state index contributed by atoms with van der Waals surface area (Å²) in [6.07, 6.45) is -1.39. The van der Waals surface area contributed by atoms with E-state index >= 15 is 0 Å². The summed E-state index contributed by atoms with van der Waals surface area (Å²) in [6, 6.07) is 11.4. The number of halogens is 1. The Kier molecular flexibility index (Phi) is 7.94. The third-order valence-electron chi connectivity index (χ3n) is 4.18. The molecule has 30 heavy (non-hydrogen) atoms. The summed E-state index contributed by atoms with van der Waals surface area (Å²) >= 11 is 6.13. The molecule has 0 aliphatic carbocycles. The number of nitrogens with two attached hydrogens (primary N) is 1. The minimum Gasteiger partial charge on any atom is -0.452 e. The monoisotopic (exact) mass is 431 g/mol. The highest BCUT2D eigenvalue weighted by molar-refractivity contribution is 6.31. The average Bonchev–Trinajstić information content (AvgIpc) is 2.67. The first-order chi connectivity index (χ1) is 14.2. The first-order valence-corrected chi connectivity index (χ1v) is 9.47. The van der Waals surface area contributed by atoms with Crippen LogP contribution < -0.4 is 16.4 Å². The molecule has 0 radical (unpaired) electrons. The highest BCUT2D eigenvalue weighted by atomic mass is 35.5. The molecule has 2 aromatic rings. The van der Waals surface area contributed by atoms with Crippen molar-refractivity contribution in [2.45, 2.75) is 32.4 Å². The van der Waals surface area contributed by atoms with Gasteiger partial charge in [-0.2, -0.15) is 0 Å². The quantitative estimate of drug-likeness (QED) is 0.436. The van der Waals surface area contributed by atoms with E-state index < -0.39 is 30.1 Å². The maximum atomic E-state index is 12.3. The van der Waals surface area contributed by atoms with Gasteiger partial charge in [0.1, 0.15) is 0 Å². The van der Waals surface area contributed by atoms with Crippen LogP contribution in [0, 0.1) is 0 Å². The fourth-order valence-electron chi connectivity index (χ4n) is 2.69. The summed E-state index contributed by atoms with van der Waals surface area (Å²) in [5, 5.41) is 5.38. The number of ether oxygens (including phenoxy) is 1. The summed E-state index contributed by atoms with van der Waals surface area (Å²) < 4.78 is 5.18. The topological polar surface area (TPSA) is 128 Å². The van der Waals surface area contributed by atoms with E-state index in [4.69, 9.17) is 22.1 Å². The van der Waals surface area contributed by atoms with E-state index in [9.17, 15) is 19.2 Å². The van der Waals surface area contributed by atoms with Gasteiger partial charge in [0, 0.05) is 16.3 Å². The third-order valence-corrected chi connectivity index (χ3v) is 4.53. The summed E-state index contributed by atoms with van der Waals surface area (Å²) in [6.45, 7) is 2.83. The minimum absolute atomic E-state index is 0.141. The molecule has 4 N–H and O–H groups in total. The van der Waals surface area contributed by atoms with Gasteiger partial charge in [-0.1, -0.05) is 41.9 Å². The molecule has 0 aliphatic rings. The molecule has 0 spiro atoms. The summed E-state index contributed by atoms with van der Waals surface area (Å²) in [5.41, 5.74) is 6.53. The number of carbonyl (C=O) groups excluding carboxylic acids is 4. The molecule has 2 atom stereocenters. The average molecular weight is 432 g/mol. The van der Waals surface area contributed by atoms with Crippen molar-refractivity contribution in [2.75, 3.05) is 5.32 Å². The van der Waals surface area contributed by atoms with E-state index in [1.165, 1.54) is 19.9 Å². The van der Waals surface area contributed by atoms with Crippen LogP contribution in [0.3, 0.4) is 0 Å². The number of urea groups is 1. The number of hydrogen-bond acceptors (Lipinski definition) is 5. The number of rotatable bonds is 8. The van der Waals surface area contributed by atoms with Gasteiger partial charge in [-0.25, -0.2) is 4.79 Å². The van der Waals surface area contributed by atoms with Crippen molar-refractivity contribution < 1.29 is 23.9 Å². The first kappa shape index (κ1) is 22.9. The number of nitrogens with one attached hydrogen (secondary N) is 2. The summed E-state index contributed by atoms with van der Waals surface area (Å²) in [5.74, 6) is -1.44. The standard InChI is InChI=1S/C21H22ClN3O5/c1-12(26)14-6-5-7-15(10-14)24-20(28)13(2)30-19(27)11-18(25-21(23)29)16-8-3-4-9-17(16)22/h3-10,13,18H,11H2,1-2H3,(H,24,28)(H3,23,25,29)/t13-,18+/m1/s1. The molecule has 0 unspecified atom stereocenters. The maximum absolute atomic E-state index is 12.3. The van der Waals surface area contributed by atoms with Crippen LogP contribution in [-0.4, -0.2) is 29.8 Å². The van der Waals surface area contributed by atoms with Crippen molar-refractivity contribution in [3.63, 3.8) is 0 Å². The van der Waals surface area contributed by atoms with Crippen LogP contribution in [0.25, 0.3) is 0 Å². The Bertz CT molecular complexity index is 963. The molecule has 0 aromatic heterocycles.